The van der Waals surface area contributed by atoms with Gasteiger partial charge in [0, 0.05) is 6.04 Å². The van der Waals surface area contributed by atoms with Gasteiger partial charge in [-0.15, -0.1) is 0 Å². The zero-order chi connectivity index (χ0) is 14.4. The molecule has 1 atom stereocenters. The molecule has 20 heavy (non-hydrogen) atoms. The molecule has 2 rings (SSSR count). The van der Waals surface area contributed by atoms with E-state index in [0.717, 1.165) is 22.8 Å². The first-order valence-electron chi connectivity index (χ1n) is 6.48. The van der Waals surface area contributed by atoms with Crippen LogP contribution < -0.4 is 15.2 Å². The van der Waals surface area contributed by atoms with Crippen LogP contribution in [0, 0.1) is 0 Å². The Hall–Kier alpha value is -2.04. The van der Waals surface area contributed by atoms with Crippen LogP contribution in [0.2, 0.25) is 0 Å². The van der Waals surface area contributed by atoms with Crippen LogP contribution in [0.1, 0.15) is 5.56 Å². The van der Waals surface area contributed by atoms with Gasteiger partial charge in [0.15, 0.2) is 0 Å². The second kappa shape index (κ2) is 6.93. The first-order chi connectivity index (χ1) is 9.71. The minimum atomic E-state index is -0.219. The standard InChI is InChI=1S/C16H19NO3/c1-19-14-6-8-16(9-7-14)20-15-4-2-12(3-5-15)10-13(17)11-18/h2-9,13,18H,10-11,17H2,1H3/t13-/m0/s1. The van der Waals surface area contributed by atoms with E-state index in [2.05, 4.69) is 0 Å². The molecule has 0 bridgehead atoms. The Kier molecular flexibility index (Phi) is 4.98. The molecule has 4 heteroatoms. The van der Waals surface area contributed by atoms with Crippen LogP contribution in [0.5, 0.6) is 17.2 Å². The fourth-order valence-corrected chi connectivity index (χ4v) is 1.84. The topological polar surface area (TPSA) is 64.7 Å². The van der Waals surface area contributed by atoms with Crippen molar-refractivity contribution >= 4 is 0 Å². The van der Waals surface area contributed by atoms with Crippen molar-refractivity contribution in [2.45, 2.75) is 12.5 Å². The molecule has 0 aliphatic heterocycles. The monoisotopic (exact) mass is 273 g/mol. The average molecular weight is 273 g/mol. The van der Waals surface area contributed by atoms with E-state index >= 15 is 0 Å². The summed E-state index contributed by atoms with van der Waals surface area (Å²) in [6.07, 6.45) is 0.652. The molecule has 0 aliphatic carbocycles. The summed E-state index contributed by atoms with van der Waals surface area (Å²) in [7, 11) is 1.63. The molecule has 0 spiro atoms. The molecule has 0 aromatic heterocycles. The SMILES string of the molecule is COc1ccc(Oc2ccc(C[C@H](N)CO)cc2)cc1. The first-order valence-corrected chi connectivity index (χ1v) is 6.48. The van der Waals surface area contributed by atoms with Crippen molar-refractivity contribution in [1.82, 2.24) is 0 Å². The van der Waals surface area contributed by atoms with Crippen LogP contribution in [-0.2, 0) is 6.42 Å². The summed E-state index contributed by atoms with van der Waals surface area (Å²) in [5.41, 5.74) is 6.78. The third kappa shape index (κ3) is 3.98. The van der Waals surface area contributed by atoms with E-state index in [0.29, 0.717) is 6.42 Å². The fraction of sp³-hybridized carbons (Fsp3) is 0.250. The van der Waals surface area contributed by atoms with E-state index in [4.69, 9.17) is 20.3 Å². The number of nitrogens with two attached hydrogens (primary N) is 1. The quantitative estimate of drug-likeness (QED) is 0.848. The summed E-state index contributed by atoms with van der Waals surface area (Å²) in [5, 5.41) is 8.93. The summed E-state index contributed by atoms with van der Waals surface area (Å²) in [5.74, 6) is 2.31. The number of hydrogen-bond acceptors (Lipinski definition) is 4. The van der Waals surface area contributed by atoms with Crippen LogP contribution in [0.15, 0.2) is 48.5 Å². The van der Waals surface area contributed by atoms with Crippen LogP contribution in [0.4, 0.5) is 0 Å². The number of benzene rings is 2. The minimum absolute atomic E-state index is 0.00982. The zero-order valence-electron chi connectivity index (χ0n) is 11.5. The molecular formula is C16H19NO3. The van der Waals surface area contributed by atoms with Crippen molar-refractivity contribution in [2.24, 2.45) is 5.73 Å². The predicted octanol–water partition coefficient (Wildman–Crippen LogP) is 2.35. The minimum Gasteiger partial charge on any atom is -0.497 e. The second-order valence-corrected chi connectivity index (χ2v) is 4.57. The van der Waals surface area contributed by atoms with E-state index in [9.17, 15) is 0 Å². The van der Waals surface area contributed by atoms with Crippen LogP contribution >= 0.6 is 0 Å². The Morgan fingerprint density at radius 1 is 0.950 bits per heavy atom. The highest BCUT2D eigenvalue weighted by molar-refractivity contribution is 5.36. The first kappa shape index (κ1) is 14.4. The molecule has 0 heterocycles. The predicted molar refractivity (Wildman–Crippen MR) is 78.3 cm³/mol. The van der Waals surface area contributed by atoms with Gasteiger partial charge in [-0.3, -0.25) is 0 Å². The van der Waals surface area contributed by atoms with E-state index in [1.165, 1.54) is 0 Å². The average Bonchev–Trinajstić information content (AvgIpc) is 2.50. The number of aliphatic hydroxyl groups excluding tert-OH is 1. The van der Waals surface area contributed by atoms with E-state index in [1.54, 1.807) is 7.11 Å². The summed E-state index contributed by atoms with van der Waals surface area (Å²) in [6, 6.07) is 14.9. The van der Waals surface area contributed by atoms with Crippen LogP contribution in [-0.4, -0.2) is 24.9 Å². The zero-order valence-corrected chi connectivity index (χ0v) is 11.5. The van der Waals surface area contributed by atoms with Gasteiger partial charge in [-0.25, -0.2) is 0 Å². The Balaban J connectivity index is 1.99. The van der Waals surface area contributed by atoms with E-state index in [-0.39, 0.29) is 12.6 Å². The smallest absolute Gasteiger partial charge is 0.127 e. The second-order valence-electron chi connectivity index (χ2n) is 4.57. The van der Waals surface area contributed by atoms with Gasteiger partial charge in [0.2, 0.25) is 0 Å². The molecule has 0 unspecified atom stereocenters. The maximum atomic E-state index is 8.93. The van der Waals surface area contributed by atoms with Gasteiger partial charge in [-0.1, -0.05) is 12.1 Å². The van der Waals surface area contributed by atoms with Crippen molar-refractivity contribution in [3.8, 4) is 17.2 Å². The van der Waals surface area contributed by atoms with E-state index < -0.39 is 0 Å². The molecule has 2 aromatic rings. The van der Waals surface area contributed by atoms with Gasteiger partial charge in [0.05, 0.1) is 13.7 Å². The Morgan fingerprint density at radius 2 is 1.45 bits per heavy atom. The maximum absolute atomic E-state index is 8.93. The molecular weight excluding hydrogens is 254 g/mol. The Labute approximate surface area is 118 Å². The molecule has 2 aromatic carbocycles. The van der Waals surface area contributed by atoms with Crippen LogP contribution in [0.25, 0.3) is 0 Å². The lowest BCUT2D eigenvalue weighted by molar-refractivity contribution is 0.265. The van der Waals surface area contributed by atoms with Crippen molar-refractivity contribution in [1.29, 1.82) is 0 Å². The maximum Gasteiger partial charge on any atom is 0.127 e. The lowest BCUT2D eigenvalue weighted by Gasteiger charge is -2.10. The molecule has 3 N–H and O–H groups in total. The Morgan fingerprint density at radius 3 is 1.95 bits per heavy atom. The number of hydrogen-bond donors (Lipinski definition) is 2. The van der Waals surface area contributed by atoms with Crippen molar-refractivity contribution in [2.75, 3.05) is 13.7 Å². The number of methoxy groups -OCH3 is 1. The van der Waals surface area contributed by atoms with Gasteiger partial charge >= 0.3 is 0 Å². The highest BCUT2D eigenvalue weighted by Crippen LogP contribution is 2.24. The third-order valence-electron chi connectivity index (χ3n) is 2.95. The fourth-order valence-electron chi connectivity index (χ4n) is 1.84. The van der Waals surface area contributed by atoms with Gasteiger partial charge in [0.1, 0.15) is 17.2 Å². The van der Waals surface area contributed by atoms with Crippen molar-refractivity contribution in [3.63, 3.8) is 0 Å². The van der Waals surface area contributed by atoms with Gasteiger partial charge in [0.25, 0.3) is 0 Å². The molecule has 0 amide bonds. The number of ether oxygens (including phenoxy) is 2. The molecule has 0 saturated heterocycles. The highest BCUT2D eigenvalue weighted by atomic mass is 16.5. The summed E-state index contributed by atoms with van der Waals surface area (Å²) >= 11 is 0. The van der Waals surface area contributed by atoms with Gasteiger partial charge in [-0.05, 0) is 48.4 Å². The molecule has 0 aliphatic rings. The molecule has 4 nitrogen and oxygen atoms in total. The highest BCUT2D eigenvalue weighted by Gasteiger charge is 2.03. The summed E-state index contributed by atoms with van der Waals surface area (Å²) in [6.45, 7) is -0.00982. The number of rotatable bonds is 6. The lowest BCUT2D eigenvalue weighted by Crippen LogP contribution is -2.26. The molecule has 0 saturated carbocycles. The summed E-state index contributed by atoms with van der Waals surface area (Å²) < 4.78 is 10.8. The van der Waals surface area contributed by atoms with Crippen molar-refractivity contribution in [3.05, 3.63) is 54.1 Å². The summed E-state index contributed by atoms with van der Waals surface area (Å²) in [4.78, 5) is 0. The number of aliphatic hydroxyl groups is 1. The third-order valence-corrected chi connectivity index (χ3v) is 2.95. The normalized spacial score (nSPS) is 11.9. The van der Waals surface area contributed by atoms with Gasteiger partial charge < -0.3 is 20.3 Å². The molecule has 0 fully saturated rings. The van der Waals surface area contributed by atoms with Gasteiger partial charge in [-0.2, -0.15) is 0 Å². The molecule has 106 valence electrons. The molecule has 0 radical (unpaired) electrons. The van der Waals surface area contributed by atoms with Crippen LogP contribution in [0.3, 0.4) is 0 Å². The Bertz CT molecular complexity index is 522. The largest absolute Gasteiger partial charge is 0.497 e. The van der Waals surface area contributed by atoms with Crippen molar-refractivity contribution < 1.29 is 14.6 Å². The lowest BCUT2D eigenvalue weighted by atomic mass is 10.1. The van der Waals surface area contributed by atoms with E-state index in [1.807, 2.05) is 48.5 Å².